The summed E-state index contributed by atoms with van der Waals surface area (Å²) < 4.78 is 0. The lowest BCUT2D eigenvalue weighted by atomic mass is 10.1. The molecule has 0 radical (unpaired) electrons. The van der Waals surface area contributed by atoms with Crippen molar-refractivity contribution in [3.8, 4) is 0 Å². The third-order valence-corrected chi connectivity index (χ3v) is 2.81. The molecule has 1 aliphatic rings. The second-order valence-corrected chi connectivity index (χ2v) is 3.84. The van der Waals surface area contributed by atoms with Crippen molar-refractivity contribution in [1.82, 2.24) is 4.98 Å². The first kappa shape index (κ1) is 8.60. The Morgan fingerprint density at radius 1 is 1.13 bits per heavy atom. The van der Waals surface area contributed by atoms with Gasteiger partial charge < -0.3 is 0 Å². The molecule has 0 amide bonds. The minimum Gasteiger partial charge on any atom is -0.289 e. The number of hydrogen-bond acceptors (Lipinski definition) is 2. The third kappa shape index (κ3) is 1.52. The minimum absolute atomic E-state index is 0.987. The lowest BCUT2D eigenvalue weighted by Crippen LogP contribution is -1.95. The predicted octanol–water partition coefficient (Wildman–Crippen LogP) is 2.82. The maximum Gasteiger partial charge on any atom is 0.0702 e. The molecule has 74 valence electrons. The summed E-state index contributed by atoms with van der Waals surface area (Å²) in [5.74, 6) is 0. The highest BCUT2D eigenvalue weighted by Gasteiger charge is 2.08. The van der Waals surface area contributed by atoms with Gasteiger partial charge in [-0.3, -0.25) is 9.98 Å². The van der Waals surface area contributed by atoms with Gasteiger partial charge in [0.2, 0.25) is 0 Å². The van der Waals surface area contributed by atoms with Gasteiger partial charge in [0.1, 0.15) is 0 Å². The number of pyridine rings is 1. The summed E-state index contributed by atoms with van der Waals surface area (Å²) >= 11 is 0. The smallest absolute Gasteiger partial charge is 0.0702 e. The highest BCUT2D eigenvalue weighted by atomic mass is 14.8. The van der Waals surface area contributed by atoms with Crippen LogP contribution in [0.25, 0.3) is 10.9 Å². The summed E-state index contributed by atoms with van der Waals surface area (Å²) in [5, 5.41) is 1.20. The van der Waals surface area contributed by atoms with E-state index in [0.29, 0.717) is 0 Å². The van der Waals surface area contributed by atoms with E-state index < -0.39 is 0 Å². The second-order valence-electron chi connectivity index (χ2n) is 3.84. The average molecular weight is 196 g/mol. The zero-order valence-corrected chi connectivity index (χ0v) is 8.48. The fourth-order valence-corrected chi connectivity index (χ4v) is 2.03. The van der Waals surface area contributed by atoms with Gasteiger partial charge in [-0.15, -0.1) is 0 Å². The van der Waals surface area contributed by atoms with Crippen LogP contribution in [-0.4, -0.2) is 17.2 Å². The van der Waals surface area contributed by atoms with E-state index in [2.05, 4.69) is 34.2 Å². The molecule has 0 bridgehead atoms. The summed E-state index contributed by atoms with van der Waals surface area (Å²) in [6.07, 6.45) is 4.14. The zero-order chi connectivity index (χ0) is 10.1. The fraction of sp³-hybridized carbons (Fsp3) is 0.231. The normalized spacial score (nSPS) is 15.6. The molecule has 0 saturated carbocycles. The average Bonchev–Trinajstić information content (AvgIpc) is 2.82. The predicted molar refractivity (Wildman–Crippen MR) is 62.4 cm³/mol. The van der Waals surface area contributed by atoms with Crippen molar-refractivity contribution >= 4 is 16.6 Å². The van der Waals surface area contributed by atoms with Gasteiger partial charge in [-0.05, 0) is 36.6 Å². The largest absolute Gasteiger partial charge is 0.289 e. The molecular formula is C13H12N2. The van der Waals surface area contributed by atoms with E-state index >= 15 is 0 Å². The van der Waals surface area contributed by atoms with Crippen molar-refractivity contribution in [2.45, 2.75) is 12.8 Å². The van der Waals surface area contributed by atoms with Crippen LogP contribution in [0, 0.1) is 0 Å². The highest BCUT2D eigenvalue weighted by Crippen LogP contribution is 2.18. The van der Waals surface area contributed by atoms with Gasteiger partial charge in [0.25, 0.3) is 0 Å². The Bertz CT molecular complexity index is 529. The number of fused-ring (bicyclic) bond motifs is 1. The second kappa shape index (κ2) is 3.46. The van der Waals surface area contributed by atoms with Crippen LogP contribution in [0.2, 0.25) is 0 Å². The van der Waals surface area contributed by atoms with Crippen LogP contribution in [0.5, 0.6) is 0 Å². The topological polar surface area (TPSA) is 25.2 Å². The molecule has 0 fully saturated rings. The maximum atomic E-state index is 4.51. The van der Waals surface area contributed by atoms with Crippen molar-refractivity contribution in [3.05, 3.63) is 42.1 Å². The summed E-state index contributed by atoms with van der Waals surface area (Å²) in [5.41, 5.74) is 3.56. The molecule has 0 aliphatic carbocycles. The SMILES string of the molecule is c1cnc2ccc(C3=NCCC3)cc2c1. The molecule has 0 atom stereocenters. The van der Waals surface area contributed by atoms with E-state index in [4.69, 9.17) is 0 Å². The van der Waals surface area contributed by atoms with E-state index in [0.717, 1.165) is 18.5 Å². The van der Waals surface area contributed by atoms with Gasteiger partial charge in [-0.2, -0.15) is 0 Å². The standard InChI is InChI=1S/C13H12N2/c1-3-10-9-11(12-4-2-8-14-12)5-6-13(10)15-7-1/h1,3,5-7,9H,2,4,8H2. The zero-order valence-electron chi connectivity index (χ0n) is 8.48. The first-order valence-electron chi connectivity index (χ1n) is 5.32. The van der Waals surface area contributed by atoms with Crippen LogP contribution < -0.4 is 0 Å². The first-order chi connectivity index (χ1) is 7.43. The molecule has 1 aromatic carbocycles. The van der Waals surface area contributed by atoms with Crippen molar-refractivity contribution in [3.63, 3.8) is 0 Å². The van der Waals surface area contributed by atoms with Crippen LogP contribution in [0.15, 0.2) is 41.5 Å². The van der Waals surface area contributed by atoms with Gasteiger partial charge in [-0.1, -0.05) is 12.1 Å². The van der Waals surface area contributed by atoms with E-state index in [9.17, 15) is 0 Å². The Morgan fingerprint density at radius 2 is 2.13 bits per heavy atom. The number of aliphatic imine (C=N–C) groups is 1. The molecule has 2 heterocycles. The van der Waals surface area contributed by atoms with E-state index in [1.165, 1.54) is 23.1 Å². The van der Waals surface area contributed by atoms with Gasteiger partial charge in [0, 0.05) is 23.8 Å². The third-order valence-electron chi connectivity index (χ3n) is 2.81. The van der Waals surface area contributed by atoms with E-state index in [-0.39, 0.29) is 0 Å². The highest BCUT2D eigenvalue weighted by molar-refractivity contribution is 6.03. The quantitative estimate of drug-likeness (QED) is 0.688. The molecule has 2 heteroatoms. The van der Waals surface area contributed by atoms with Crippen molar-refractivity contribution in [2.24, 2.45) is 4.99 Å². The van der Waals surface area contributed by atoms with Crippen LogP contribution >= 0.6 is 0 Å². The van der Waals surface area contributed by atoms with Crippen molar-refractivity contribution in [1.29, 1.82) is 0 Å². The van der Waals surface area contributed by atoms with E-state index in [1.54, 1.807) is 0 Å². The lowest BCUT2D eigenvalue weighted by molar-refractivity contribution is 0.951. The molecule has 15 heavy (non-hydrogen) atoms. The van der Waals surface area contributed by atoms with Crippen LogP contribution in [0.3, 0.4) is 0 Å². The number of hydrogen-bond donors (Lipinski definition) is 0. The van der Waals surface area contributed by atoms with Crippen LogP contribution in [0.1, 0.15) is 18.4 Å². The molecule has 1 aromatic heterocycles. The van der Waals surface area contributed by atoms with Crippen LogP contribution in [-0.2, 0) is 0 Å². The monoisotopic (exact) mass is 196 g/mol. The molecule has 0 unspecified atom stereocenters. The minimum atomic E-state index is 0.987. The summed E-state index contributed by atoms with van der Waals surface area (Å²) in [6, 6.07) is 10.5. The molecular weight excluding hydrogens is 184 g/mol. The molecule has 0 saturated heterocycles. The van der Waals surface area contributed by atoms with Gasteiger partial charge in [0.15, 0.2) is 0 Å². The Kier molecular flexibility index (Phi) is 1.98. The molecule has 3 rings (SSSR count). The Balaban J connectivity index is 2.13. The fourth-order valence-electron chi connectivity index (χ4n) is 2.03. The molecule has 0 spiro atoms. The summed E-state index contributed by atoms with van der Waals surface area (Å²) in [4.78, 5) is 8.82. The number of rotatable bonds is 1. The number of nitrogens with zero attached hydrogens (tertiary/aromatic N) is 2. The Labute approximate surface area is 88.7 Å². The number of aromatic nitrogens is 1. The molecule has 2 aromatic rings. The van der Waals surface area contributed by atoms with Gasteiger partial charge in [-0.25, -0.2) is 0 Å². The summed E-state index contributed by atoms with van der Waals surface area (Å²) in [6.45, 7) is 0.987. The Morgan fingerprint density at radius 3 is 3.00 bits per heavy atom. The van der Waals surface area contributed by atoms with Gasteiger partial charge in [0.05, 0.1) is 5.52 Å². The lowest BCUT2D eigenvalue weighted by Gasteiger charge is -2.02. The Hall–Kier alpha value is -1.70. The van der Waals surface area contributed by atoms with Crippen LogP contribution in [0.4, 0.5) is 0 Å². The van der Waals surface area contributed by atoms with Crippen molar-refractivity contribution in [2.75, 3.05) is 6.54 Å². The molecule has 0 N–H and O–H groups in total. The van der Waals surface area contributed by atoms with E-state index in [1.807, 2.05) is 12.3 Å². The molecule has 2 nitrogen and oxygen atoms in total. The number of benzene rings is 1. The maximum absolute atomic E-state index is 4.51. The summed E-state index contributed by atoms with van der Waals surface area (Å²) in [7, 11) is 0. The molecule has 1 aliphatic heterocycles. The van der Waals surface area contributed by atoms with Gasteiger partial charge >= 0.3 is 0 Å². The van der Waals surface area contributed by atoms with Crippen molar-refractivity contribution < 1.29 is 0 Å². The first-order valence-corrected chi connectivity index (χ1v) is 5.32.